The van der Waals surface area contributed by atoms with Crippen LogP contribution in [0.2, 0.25) is 0 Å². The van der Waals surface area contributed by atoms with Gasteiger partial charge in [0.2, 0.25) is 0 Å². The molecule has 4 heteroatoms. The smallest absolute Gasteiger partial charge is 0.317 e. The molecule has 0 aromatic heterocycles. The van der Waals surface area contributed by atoms with Crippen molar-refractivity contribution < 1.29 is 4.79 Å². The fourth-order valence-electron chi connectivity index (χ4n) is 3.18. The molecule has 104 valence electrons. The Bertz CT molecular complexity index is 268. The molecule has 4 nitrogen and oxygen atoms in total. The van der Waals surface area contributed by atoms with Crippen molar-refractivity contribution in [3.63, 3.8) is 0 Å². The van der Waals surface area contributed by atoms with Crippen LogP contribution in [0.4, 0.5) is 4.79 Å². The third-order valence-electron chi connectivity index (χ3n) is 4.54. The van der Waals surface area contributed by atoms with E-state index in [0.29, 0.717) is 18.1 Å². The van der Waals surface area contributed by atoms with Gasteiger partial charge in [0.25, 0.3) is 0 Å². The van der Waals surface area contributed by atoms with Gasteiger partial charge in [0, 0.05) is 25.2 Å². The maximum absolute atomic E-state index is 12.2. The van der Waals surface area contributed by atoms with Gasteiger partial charge < -0.3 is 16.0 Å². The van der Waals surface area contributed by atoms with Gasteiger partial charge in [-0.1, -0.05) is 19.3 Å². The summed E-state index contributed by atoms with van der Waals surface area (Å²) >= 11 is 0. The van der Waals surface area contributed by atoms with Crippen molar-refractivity contribution >= 4 is 6.03 Å². The summed E-state index contributed by atoms with van der Waals surface area (Å²) in [6.45, 7) is 0. The summed E-state index contributed by atoms with van der Waals surface area (Å²) in [7, 11) is 1.93. The van der Waals surface area contributed by atoms with E-state index in [1.165, 1.54) is 19.3 Å². The van der Waals surface area contributed by atoms with Gasteiger partial charge in [0.15, 0.2) is 0 Å². The van der Waals surface area contributed by atoms with E-state index in [0.717, 1.165) is 38.5 Å². The van der Waals surface area contributed by atoms with E-state index in [2.05, 4.69) is 5.32 Å². The van der Waals surface area contributed by atoms with Crippen molar-refractivity contribution in [3.05, 3.63) is 0 Å². The molecular formula is C14H27N3O. The Balaban J connectivity index is 1.77. The minimum Gasteiger partial charge on any atom is -0.335 e. The summed E-state index contributed by atoms with van der Waals surface area (Å²) in [6.07, 6.45) is 10.3. The fourth-order valence-corrected chi connectivity index (χ4v) is 3.18. The molecule has 3 N–H and O–H groups in total. The monoisotopic (exact) mass is 253 g/mol. The van der Waals surface area contributed by atoms with Crippen LogP contribution in [0.25, 0.3) is 0 Å². The van der Waals surface area contributed by atoms with E-state index in [1.807, 2.05) is 11.9 Å². The highest BCUT2D eigenvalue weighted by Crippen LogP contribution is 2.22. The minimum atomic E-state index is 0.113. The Labute approximate surface area is 110 Å². The summed E-state index contributed by atoms with van der Waals surface area (Å²) in [4.78, 5) is 14.1. The van der Waals surface area contributed by atoms with Crippen LogP contribution in [0, 0.1) is 0 Å². The molecule has 2 amide bonds. The number of hydrogen-bond acceptors (Lipinski definition) is 2. The number of carbonyl (C=O) groups excluding carboxylic acids is 1. The molecule has 0 unspecified atom stereocenters. The number of nitrogens with zero attached hydrogens (tertiary/aromatic N) is 1. The van der Waals surface area contributed by atoms with Gasteiger partial charge in [-0.05, 0) is 38.5 Å². The van der Waals surface area contributed by atoms with Crippen LogP contribution >= 0.6 is 0 Å². The Morgan fingerprint density at radius 3 is 2.28 bits per heavy atom. The van der Waals surface area contributed by atoms with E-state index in [1.54, 1.807) is 0 Å². The molecule has 2 rings (SSSR count). The van der Waals surface area contributed by atoms with Crippen molar-refractivity contribution in [2.45, 2.75) is 75.9 Å². The summed E-state index contributed by atoms with van der Waals surface area (Å²) in [5.41, 5.74) is 5.90. The van der Waals surface area contributed by atoms with Gasteiger partial charge in [-0.15, -0.1) is 0 Å². The highest BCUT2D eigenvalue weighted by Gasteiger charge is 2.26. The molecule has 0 bridgehead atoms. The highest BCUT2D eigenvalue weighted by molar-refractivity contribution is 5.74. The summed E-state index contributed by atoms with van der Waals surface area (Å²) in [5, 5.41) is 3.18. The summed E-state index contributed by atoms with van der Waals surface area (Å²) in [6, 6.07) is 1.24. The molecule has 0 radical (unpaired) electrons. The van der Waals surface area contributed by atoms with Crippen molar-refractivity contribution in [1.82, 2.24) is 10.2 Å². The lowest BCUT2D eigenvalue weighted by atomic mass is 9.91. The van der Waals surface area contributed by atoms with Crippen molar-refractivity contribution in [2.24, 2.45) is 5.73 Å². The van der Waals surface area contributed by atoms with Crippen LogP contribution < -0.4 is 11.1 Å². The lowest BCUT2D eigenvalue weighted by Gasteiger charge is -2.35. The molecule has 2 saturated carbocycles. The normalized spacial score (nSPS) is 29.9. The maximum Gasteiger partial charge on any atom is 0.317 e. The van der Waals surface area contributed by atoms with Crippen LogP contribution in [0.1, 0.15) is 57.8 Å². The molecule has 0 heterocycles. The van der Waals surface area contributed by atoms with Crippen LogP contribution in [-0.4, -0.2) is 36.1 Å². The number of amides is 2. The third kappa shape index (κ3) is 3.61. The summed E-state index contributed by atoms with van der Waals surface area (Å²) in [5.74, 6) is 0. The largest absolute Gasteiger partial charge is 0.335 e. The van der Waals surface area contributed by atoms with E-state index in [9.17, 15) is 4.79 Å². The molecule has 2 aliphatic carbocycles. The van der Waals surface area contributed by atoms with Crippen LogP contribution in [0.15, 0.2) is 0 Å². The Hall–Kier alpha value is -0.770. The average molecular weight is 253 g/mol. The van der Waals surface area contributed by atoms with Crippen molar-refractivity contribution in [1.29, 1.82) is 0 Å². The predicted molar refractivity (Wildman–Crippen MR) is 73.4 cm³/mol. The standard InChI is InChI=1S/C14H27N3O/c1-17(13-9-7-11(15)8-10-13)14(18)16-12-5-3-2-4-6-12/h11-13H,2-10,15H2,1H3,(H,16,18). The molecular weight excluding hydrogens is 226 g/mol. The molecule has 0 saturated heterocycles. The number of carbonyl (C=O) groups is 1. The third-order valence-corrected chi connectivity index (χ3v) is 4.54. The molecule has 0 aromatic carbocycles. The first-order valence-electron chi connectivity index (χ1n) is 7.45. The van der Waals surface area contributed by atoms with Gasteiger partial charge >= 0.3 is 6.03 Å². The van der Waals surface area contributed by atoms with Crippen LogP contribution in [-0.2, 0) is 0 Å². The van der Waals surface area contributed by atoms with E-state index in [-0.39, 0.29) is 6.03 Å². The van der Waals surface area contributed by atoms with Gasteiger partial charge in [-0.2, -0.15) is 0 Å². The molecule has 18 heavy (non-hydrogen) atoms. The molecule has 2 aliphatic rings. The highest BCUT2D eigenvalue weighted by atomic mass is 16.2. The Morgan fingerprint density at radius 1 is 1.06 bits per heavy atom. The zero-order chi connectivity index (χ0) is 13.0. The maximum atomic E-state index is 12.2. The van der Waals surface area contributed by atoms with Crippen molar-refractivity contribution in [3.8, 4) is 0 Å². The van der Waals surface area contributed by atoms with Gasteiger partial charge in [-0.25, -0.2) is 4.79 Å². The number of nitrogens with one attached hydrogen (secondary N) is 1. The molecule has 2 fully saturated rings. The Morgan fingerprint density at radius 2 is 1.67 bits per heavy atom. The lowest BCUT2D eigenvalue weighted by molar-refractivity contribution is 0.164. The van der Waals surface area contributed by atoms with E-state index < -0.39 is 0 Å². The number of rotatable bonds is 2. The van der Waals surface area contributed by atoms with Crippen LogP contribution in [0.5, 0.6) is 0 Å². The Kier molecular flexibility index (Phi) is 4.87. The second-order valence-electron chi connectivity index (χ2n) is 5.96. The first-order chi connectivity index (χ1) is 8.66. The molecule has 0 aromatic rings. The SMILES string of the molecule is CN(C(=O)NC1CCCCC1)C1CCC(N)CC1. The number of urea groups is 1. The first kappa shape index (κ1) is 13.7. The number of nitrogens with two attached hydrogens (primary N) is 1. The van der Waals surface area contributed by atoms with Gasteiger partial charge in [0.1, 0.15) is 0 Å². The first-order valence-corrected chi connectivity index (χ1v) is 7.45. The minimum absolute atomic E-state index is 0.113. The molecule has 0 spiro atoms. The molecule has 0 atom stereocenters. The van der Waals surface area contributed by atoms with Crippen molar-refractivity contribution in [2.75, 3.05) is 7.05 Å². The van der Waals surface area contributed by atoms with E-state index in [4.69, 9.17) is 5.73 Å². The van der Waals surface area contributed by atoms with E-state index >= 15 is 0 Å². The topological polar surface area (TPSA) is 58.4 Å². The quantitative estimate of drug-likeness (QED) is 0.793. The van der Waals surface area contributed by atoms with Gasteiger partial charge in [-0.3, -0.25) is 0 Å². The zero-order valence-electron chi connectivity index (χ0n) is 11.5. The fraction of sp³-hybridized carbons (Fsp3) is 0.929. The average Bonchev–Trinajstić information content (AvgIpc) is 2.40. The number of hydrogen-bond donors (Lipinski definition) is 2. The van der Waals surface area contributed by atoms with Crippen LogP contribution in [0.3, 0.4) is 0 Å². The molecule has 0 aliphatic heterocycles. The zero-order valence-corrected chi connectivity index (χ0v) is 11.5. The predicted octanol–water partition coefficient (Wildman–Crippen LogP) is 2.23. The second kappa shape index (κ2) is 6.41. The summed E-state index contributed by atoms with van der Waals surface area (Å²) < 4.78 is 0. The lowest BCUT2D eigenvalue weighted by Crippen LogP contribution is -2.49. The second-order valence-corrected chi connectivity index (χ2v) is 5.96. The van der Waals surface area contributed by atoms with Gasteiger partial charge in [0.05, 0.1) is 0 Å².